The van der Waals surface area contributed by atoms with Gasteiger partial charge in [-0.3, -0.25) is 14.3 Å². The third-order valence-corrected chi connectivity index (χ3v) is 3.94. The van der Waals surface area contributed by atoms with Gasteiger partial charge >= 0.3 is 0 Å². The van der Waals surface area contributed by atoms with Gasteiger partial charge < -0.3 is 0 Å². The van der Waals surface area contributed by atoms with Crippen LogP contribution >= 0.6 is 0 Å². The molecule has 0 aliphatic carbocycles. The van der Waals surface area contributed by atoms with Crippen LogP contribution in [0.3, 0.4) is 0 Å². The van der Waals surface area contributed by atoms with Crippen molar-refractivity contribution >= 4 is 11.0 Å². The SMILES string of the molecule is CC1c2nc3c(cnn3C(C)C)c(=O)n2CCN1C. The molecule has 102 valence electrons. The van der Waals surface area contributed by atoms with Crippen molar-refractivity contribution in [2.75, 3.05) is 13.6 Å². The van der Waals surface area contributed by atoms with E-state index in [0.717, 1.165) is 12.4 Å². The van der Waals surface area contributed by atoms with Gasteiger partial charge in [-0.15, -0.1) is 0 Å². The highest BCUT2D eigenvalue weighted by Gasteiger charge is 2.25. The first-order valence-electron chi connectivity index (χ1n) is 6.69. The maximum Gasteiger partial charge on any atom is 0.264 e. The summed E-state index contributed by atoms with van der Waals surface area (Å²) >= 11 is 0. The van der Waals surface area contributed by atoms with Crippen LogP contribution in [0.25, 0.3) is 11.0 Å². The summed E-state index contributed by atoms with van der Waals surface area (Å²) in [5.41, 5.74) is 0.736. The Morgan fingerprint density at radius 1 is 1.37 bits per heavy atom. The molecule has 0 fully saturated rings. The van der Waals surface area contributed by atoms with Gasteiger partial charge in [0.25, 0.3) is 5.56 Å². The molecule has 1 atom stereocenters. The molecule has 3 rings (SSSR count). The number of likely N-dealkylation sites (N-methyl/N-ethyl adjacent to an activating group) is 1. The minimum absolute atomic E-state index is 0.0341. The molecule has 2 aromatic heterocycles. The lowest BCUT2D eigenvalue weighted by molar-refractivity contribution is 0.200. The average molecular weight is 261 g/mol. The molecule has 0 aromatic carbocycles. The zero-order valence-electron chi connectivity index (χ0n) is 11.8. The molecule has 2 aromatic rings. The second-order valence-electron chi connectivity index (χ2n) is 5.50. The van der Waals surface area contributed by atoms with Gasteiger partial charge in [0, 0.05) is 19.1 Å². The summed E-state index contributed by atoms with van der Waals surface area (Å²) < 4.78 is 3.61. The quantitative estimate of drug-likeness (QED) is 0.773. The number of nitrogens with zero attached hydrogens (tertiary/aromatic N) is 5. The van der Waals surface area contributed by atoms with Crippen LogP contribution in [0.15, 0.2) is 11.0 Å². The van der Waals surface area contributed by atoms with Crippen LogP contribution < -0.4 is 5.56 Å². The van der Waals surface area contributed by atoms with Gasteiger partial charge in [0.2, 0.25) is 0 Å². The standard InChI is InChI=1S/C13H19N5O/c1-8(2)18-12-10(7-14-18)13(19)17-6-5-16(4)9(3)11(17)15-12/h7-9H,5-6H2,1-4H3. The van der Waals surface area contributed by atoms with E-state index < -0.39 is 0 Å². The van der Waals surface area contributed by atoms with E-state index in [9.17, 15) is 4.79 Å². The topological polar surface area (TPSA) is 56.0 Å². The van der Waals surface area contributed by atoms with E-state index in [1.165, 1.54) is 0 Å². The van der Waals surface area contributed by atoms with Crippen molar-refractivity contribution in [2.24, 2.45) is 0 Å². The Labute approximate surface area is 111 Å². The Hall–Kier alpha value is -1.69. The molecule has 19 heavy (non-hydrogen) atoms. The zero-order valence-corrected chi connectivity index (χ0v) is 11.8. The first-order valence-corrected chi connectivity index (χ1v) is 6.69. The maximum atomic E-state index is 12.5. The molecule has 0 saturated carbocycles. The molecule has 1 unspecified atom stereocenters. The van der Waals surface area contributed by atoms with Crippen LogP contribution in [0, 0.1) is 0 Å². The lowest BCUT2D eigenvalue weighted by atomic mass is 10.2. The van der Waals surface area contributed by atoms with Gasteiger partial charge in [-0.25, -0.2) is 9.67 Å². The molecule has 0 saturated heterocycles. The van der Waals surface area contributed by atoms with Crippen molar-refractivity contribution in [3.8, 4) is 0 Å². The molecule has 1 aliphatic rings. The molecular weight excluding hydrogens is 242 g/mol. The molecule has 0 N–H and O–H groups in total. The highest BCUT2D eigenvalue weighted by Crippen LogP contribution is 2.22. The summed E-state index contributed by atoms with van der Waals surface area (Å²) in [6, 6.07) is 0.352. The maximum absolute atomic E-state index is 12.5. The van der Waals surface area contributed by atoms with Crippen molar-refractivity contribution in [1.29, 1.82) is 0 Å². The molecule has 6 heteroatoms. The smallest absolute Gasteiger partial charge is 0.264 e. The third-order valence-electron chi connectivity index (χ3n) is 3.94. The normalized spacial score (nSPS) is 20.2. The zero-order chi connectivity index (χ0) is 13.7. The van der Waals surface area contributed by atoms with E-state index in [0.29, 0.717) is 17.6 Å². The van der Waals surface area contributed by atoms with Crippen molar-refractivity contribution < 1.29 is 0 Å². The van der Waals surface area contributed by atoms with Gasteiger partial charge in [-0.1, -0.05) is 0 Å². The van der Waals surface area contributed by atoms with E-state index in [2.05, 4.69) is 24.0 Å². The summed E-state index contributed by atoms with van der Waals surface area (Å²) in [6.45, 7) is 7.74. The molecule has 6 nitrogen and oxygen atoms in total. The highest BCUT2D eigenvalue weighted by atomic mass is 16.1. The fourth-order valence-corrected chi connectivity index (χ4v) is 2.60. The van der Waals surface area contributed by atoms with E-state index in [1.807, 2.05) is 18.5 Å². The van der Waals surface area contributed by atoms with Crippen molar-refractivity contribution in [3.05, 3.63) is 22.4 Å². The number of hydrogen-bond acceptors (Lipinski definition) is 4. The molecule has 0 amide bonds. The van der Waals surface area contributed by atoms with E-state index >= 15 is 0 Å². The Morgan fingerprint density at radius 3 is 2.79 bits per heavy atom. The fraction of sp³-hybridized carbons (Fsp3) is 0.615. The number of rotatable bonds is 1. The summed E-state index contributed by atoms with van der Waals surface area (Å²) in [6.07, 6.45) is 1.64. The van der Waals surface area contributed by atoms with Crippen LogP contribution in [-0.2, 0) is 6.54 Å². The van der Waals surface area contributed by atoms with E-state index in [-0.39, 0.29) is 17.6 Å². The molecule has 0 bridgehead atoms. The van der Waals surface area contributed by atoms with Gasteiger partial charge in [0.1, 0.15) is 11.2 Å². The predicted molar refractivity (Wildman–Crippen MR) is 73.2 cm³/mol. The molecular formula is C13H19N5O. The van der Waals surface area contributed by atoms with Crippen LogP contribution in [0.2, 0.25) is 0 Å². The largest absolute Gasteiger partial charge is 0.295 e. The lowest BCUT2D eigenvalue weighted by Gasteiger charge is -2.31. The van der Waals surface area contributed by atoms with Crippen molar-refractivity contribution in [2.45, 2.75) is 39.4 Å². The van der Waals surface area contributed by atoms with Gasteiger partial charge in [-0.2, -0.15) is 5.10 Å². The summed E-state index contributed by atoms with van der Waals surface area (Å²) in [5, 5.41) is 4.92. The molecule has 0 spiro atoms. The number of fused-ring (bicyclic) bond motifs is 2. The van der Waals surface area contributed by atoms with Crippen LogP contribution in [0.5, 0.6) is 0 Å². The minimum Gasteiger partial charge on any atom is -0.295 e. The monoisotopic (exact) mass is 261 g/mol. The summed E-state index contributed by atoms with van der Waals surface area (Å²) in [5.74, 6) is 0.841. The Balaban J connectivity index is 2.32. The van der Waals surface area contributed by atoms with Gasteiger partial charge in [0.15, 0.2) is 5.65 Å². The second kappa shape index (κ2) is 4.16. The second-order valence-corrected chi connectivity index (χ2v) is 5.50. The molecule has 3 heterocycles. The number of aromatic nitrogens is 4. The average Bonchev–Trinajstić information content (AvgIpc) is 2.79. The molecule has 0 radical (unpaired) electrons. The van der Waals surface area contributed by atoms with Crippen LogP contribution in [0.1, 0.15) is 38.7 Å². The van der Waals surface area contributed by atoms with Crippen molar-refractivity contribution in [1.82, 2.24) is 24.2 Å². The summed E-state index contributed by atoms with van der Waals surface area (Å²) in [4.78, 5) is 19.4. The Kier molecular flexibility index (Phi) is 2.70. The molecule has 1 aliphatic heterocycles. The first-order chi connectivity index (χ1) is 9.00. The van der Waals surface area contributed by atoms with E-state index in [4.69, 9.17) is 4.98 Å². The van der Waals surface area contributed by atoms with Crippen molar-refractivity contribution in [3.63, 3.8) is 0 Å². The number of hydrogen-bond donors (Lipinski definition) is 0. The van der Waals surface area contributed by atoms with E-state index in [1.54, 1.807) is 10.8 Å². The van der Waals surface area contributed by atoms with Crippen LogP contribution in [0.4, 0.5) is 0 Å². The Bertz CT molecular complexity index is 684. The fourth-order valence-electron chi connectivity index (χ4n) is 2.60. The Morgan fingerprint density at radius 2 is 2.11 bits per heavy atom. The van der Waals surface area contributed by atoms with Gasteiger partial charge in [-0.05, 0) is 27.8 Å². The lowest BCUT2D eigenvalue weighted by Crippen LogP contribution is -2.40. The first kappa shape index (κ1) is 12.3. The highest BCUT2D eigenvalue weighted by molar-refractivity contribution is 5.73. The minimum atomic E-state index is 0.0341. The summed E-state index contributed by atoms with van der Waals surface area (Å²) in [7, 11) is 2.06. The van der Waals surface area contributed by atoms with Crippen LogP contribution in [-0.4, -0.2) is 37.8 Å². The third kappa shape index (κ3) is 1.70. The predicted octanol–water partition coefficient (Wildman–Crippen LogP) is 1.18. The van der Waals surface area contributed by atoms with Gasteiger partial charge in [0.05, 0.1) is 12.2 Å².